The fourth-order valence-corrected chi connectivity index (χ4v) is 3.58. The van der Waals surface area contributed by atoms with Crippen molar-refractivity contribution in [2.75, 3.05) is 32.8 Å². The van der Waals surface area contributed by atoms with Crippen LogP contribution in [0.2, 0.25) is 5.02 Å². The molecule has 1 aromatic rings. The number of hydrogen-bond donors (Lipinski definition) is 0. The first-order chi connectivity index (χ1) is 12.0. The van der Waals surface area contributed by atoms with Gasteiger partial charge in [0.15, 0.2) is 6.61 Å². The zero-order valence-corrected chi connectivity index (χ0v) is 14.8. The average molecular weight is 369 g/mol. The lowest BCUT2D eigenvalue weighted by Crippen LogP contribution is -2.52. The molecule has 136 valence electrons. The summed E-state index contributed by atoms with van der Waals surface area (Å²) in [5, 5.41) is -0.0380. The van der Waals surface area contributed by atoms with E-state index in [1.807, 2.05) is 4.90 Å². The van der Waals surface area contributed by atoms with Gasteiger partial charge in [-0.3, -0.25) is 9.59 Å². The largest absolute Gasteiger partial charge is 0.484 e. The minimum absolute atomic E-state index is 0.0380. The lowest BCUT2D eigenvalue weighted by molar-refractivity contribution is -0.142. The second-order valence-corrected chi connectivity index (χ2v) is 6.96. The average Bonchev–Trinajstić information content (AvgIpc) is 3.16. The molecule has 3 rings (SSSR count). The highest BCUT2D eigenvalue weighted by atomic mass is 35.5. The van der Waals surface area contributed by atoms with Crippen LogP contribution in [-0.4, -0.2) is 54.4 Å². The van der Waals surface area contributed by atoms with Crippen LogP contribution in [0.4, 0.5) is 4.39 Å². The first kappa shape index (κ1) is 18.0. The lowest BCUT2D eigenvalue weighted by Gasteiger charge is -2.36. The van der Waals surface area contributed by atoms with E-state index in [2.05, 4.69) is 0 Å². The van der Waals surface area contributed by atoms with E-state index in [0.29, 0.717) is 31.9 Å². The molecule has 2 fully saturated rings. The smallest absolute Gasteiger partial charge is 0.260 e. The van der Waals surface area contributed by atoms with Crippen molar-refractivity contribution in [3.63, 3.8) is 0 Å². The van der Waals surface area contributed by atoms with Gasteiger partial charge in [-0.15, -0.1) is 0 Å². The summed E-state index contributed by atoms with van der Waals surface area (Å²) in [4.78, 5) is 28.2. The van der Waals surface area contributed by atoms with Gasteiger partial charge < -0.3 is 14.5 Å². The van der Waals surface area contributed by atoms with Gasteiger partial charge in [-0.2, -0.15) is 0 Å². The van der Waals surface area contributed by atoms with Gasteiger partial charge >= 0.3 is 0 Å². The number of ether oxygens (including phenoxy) is 1. The van der Waals surface area contributed by atoms with Crippen LogP contribution in [-0.2, 0) is 9.59 Å². The summed E-state index contributed by atoms with van der Waals surface area (Å²) in [7, 11) is 0. The van der Waals surface area contributed by atoms with Crippen LogP contribution in [0.3, 0.4) is 0 Å². The molecule has 0 bridgehead atoms. The Labute approximate surface area is 151 Å². The van der Waals surface area contributed by atoms with Crippen LogP contribution in [0.1, 0.15) is 25.7 Å². The van der Waals surface area contributed by atoms with Crippen LogP contribution >= 0.6 is 11.6 Å². The maximum Gasteiger partial charge on any atom is 0.260 e. The van der Waals surface area contributed by atoms with E-state index < -0.39 is 5.82 Å². The van der Waals surface area contributed by atoms with Gasteiger partial charge in [-0.05, 0) is 25.0 Å². The molecule has 5 nitrogen and oxygen atoms in total. The zero-order valence-electron chi connectivity index (χ0n) is 14.0. The summed E-state index contributed by atoms with van der Waals surface area (Å²) in [6.07, 6.45) is 4.26. The lowest BCUT2D eigenvalue weighted by atomic mass is 10.1. The van der Waals surface area contributed by atoms with Gasteiger partial charge in [-0.25, -0.2) is 4.39 Å². The maximum atomic E-state index is 13.1. The Morgan fingerprint density at radius 1 is 1.12 bits per heavy atom. The molecular weight excluding hydrogens is 347 g/mol. The number of halogens is 2. The van der Waals surface area contributed by atoms with Gasteiger partial charge in [0.05, 0.1) is 5.02 Å². The quantitative estimate of drug-likeness (QED) is 0.821. The molecule has 0 unspecified atom stereocenters. The number of hydrogen-bond acceptors (Lipinski definition) is 3. The highest BCUT2D eigenvalue weighted by Gasteiger charge is 2.30. The molecule has 1 saturated heterocycles. The van der Waals surface area contributed by atoms with Crippen LogP contribution < -0.4 is 4.74 Å². The van der Waals surface area contributed by atoms with Crippen LogP contribution in [0.15, 0.2) is 18.2 Å². The first-order valence-electron chi connectivity index (χ1n) is 8.69. The molecule has 0 atom stereocenters. The number of amides is 2. The SMILES string of the molecule is O=C(COc1ccc(F)c(Cl)c1)N1CCN(C(=O)C2CCCC2)CC1. The van der Waals surface area contributed by atoms with Crippen LogP contribution in [0, 0.1) is 11.7 Å². The second-order valence-electron chi connectivity index (χ2n) is 6.55. The van der Waals surface area contributed by atoms with Crippen LogP contribution in [0.5, 0.6) is 5.75 Å². The van der Waals surface area contributed by atoms with E-state index in [-0.39, 0.29) is 29.4 Å². The third-order valence-corrected chi connectivity index (χ3v) is 5.19. The topological polar surface area (TPSA) is 49.9 Å². The Kier molecular flexibility index (Phi) is 5.78. The van der Waals surface area contributed by atoms with Crippen molar-refractivity contribution in [1.82, 2.24) is 9.80 Å². The van der Waals surface area contributed by atoms with Crippen molar-refractivity contribution >= 4 is 23.4 Å². The highest BCUT2D eigenvalue weighted by Crippen LogP contribution is 2.27. The Balaban J connectivity index is 1.44. The molecular formula is C18H22ClFN2O3. The second kappa shape index (κ2) is 8.04. The van der Waals surface area contributed by atoms with Gasteiger partial charge in [-0.1, -0.05) is 24.4 Å². The summed E-state index contributed by atoms with van der Waals surface area (Å²) in [5.74, 6) is 0.0993. The van der Waals surface area contributed by atoms with Crippen molar-refractivity contribution in [1.29, 1.82) is 0 Å². The van der Waals surface area contributed by atoms with Gasteiger partial charge in [0.2, 0.25) is 5.91 Å². The molecule has 1 saturated carbocycles. The van der Waals surface area contributed by atoms with E-state index in [1.165, 1.54) is 18.2 Å². The summed E-state index contributed by atoms with van der Waals surface area (Å²) < 4.78 is 18.5. The molecule has 25 heavy (non-hydrogen) atoms. The molecule has 0 radical (unpaired) electrons. The third-order valence-electron chi connectivity index (χ3n) is 4.90. The Bertz CT molecular complexity index is 641. The summed E-state index contributed by atoms with van der Waals surface area (Å²) >= 11 is 5.69. The van der Waals surface area contributed by atoms with Crippen molar-refractivity contribution in [3.8, 4) is 5.75 Å². The molecule has 1 heterocycles. The Hall–Kier alpha value is -1.82. The van der Waals surface area contributed by atoms with Crippen molar-refractivity contribution in [2.45, 2.75) is 25.7 Å². The van der Waals surface area contributed by atoms with Crippen molar-refractivity contribution in [2.24, 2.45) is 5.92 Å². The summed E-state index contributed by atoms with van der Waals surface area (Å²) in [6.45, 7) is 2.06. The minimum atomic E-state index is -0.525. The predicted molar refractivity (Wildman–Crippen MR) is 92.0 cm³/mol. The number of rotatable bonds is 4. The van der Waals surface area contributed by atoms with Gasteiger partial charge in [0.25, 0.3) is 5.91 Å². The van der Waals surface area contributed by atoms with Crippen LogP contribution in [0.25, 0.3) is 0 Å². The number of benzene rings is 1. The molecule has 2 amide bonds. The third kappa shape index (κ3) is 4.42. The fraction of sp³-hybridized carbons (Fsp3) is 0.556. The standard InChI is InChI=1S/C18H22ClFN2O3/c19-15-11-14(5-6-16(15)20)25-12-17(23)21-7-9-22(10-8-21)18(24)13-3-1-2-4-13/h5-6,11,13H,1-4,7-10,12H2. The van der Waals surface area contributed by atoms with E-state index >= 15 is 0 Å². The number of carbonyl (C=O) groups excluding carboxylic acids is 2. The van der Waals surface area contributed by atoms with Gasteiger partial charge in [0.1, 0.15) is 11.6 Å². The molecule has 0 N–H and O–H groups in total. The number of nitrogens with zero attached hydrogens (tertiary/aromatic N) is 2. The van der Waals surface area contributed by atoms with Gasteiger partial charge in [0, 0.05) is 38.2 Å². The molecule has 7 heteroatoms. The van der Waals surface area contributed by atoms with E-state index in [4.69, 9.17) is 16.3 Å². The highest BCUT2D eigenvalue weighted by molar-refractivity contribution is 6.30. The summed E-state index contributed by atoms with van der Waals surface area (Å²) in [5.41, 5.74) is 0. The monoisotopic (exact) mass is 368 g/mol. The molecule has 1 aliphatic carbocycles. The zero-order chi connectivity index (χ0) is 17.8. The Morgan fingerprint density at radius 2 is 1.76 bits per heavy atom. The maximum absolute atomic E-state index is 13.1. The molecule has 2 aliphatic rings. The molecule has 1 aliphatic heterocycles. The van der Waals surface area contributed by atoms with E-state index in [1.54, 1.807) is 4.90 Å². The number of carbonyl (C=O) groups is 2. The summed E-state index contributed by atoms with van der Waals surface area (Å²) in [6, 6.07) is 3.99. The number of piperazine rings is 1. The molecule has 1 aromatic carbocycles. The normalized spacial score (nSPS) is 18.5. The molecule has 0 spiro atoms. The van der Waals surface area contributed by atoms with Crippen molar-refractivity contribution < 1.29 is 18.7 Å². The Morgan fingerprint density at radius 3 is 2.40 bits per heavy atom. The predicted octanol–water partition coefficient (Wildman–Crippen LogP) is 2.72. The molecule has 0 aromatic heterocycles. The minimum Gasteiger partial charge on any atom is -0.484 e. The first-order valence-corrected chi connectivity index (χ1v) is 9.07. The van der Waals surface area contributed by atoms with E-state index in [9.17, 15) is 14.0 Å². The van der Waals surface area contributed by atoms with E-state index in [0.717, 1.165) is 25.7 Å². The van der Waals surface area contributed by atoms with Crippen molar-refractivity contribution in [3.05, 3.63) is 29.0 Å². The fourth-order valence-electron chi connectivity index (χ4n) is 3.41.